The molecule has 0 bridgehead atoms. The number of rotatable bonds is 17. The van der Waals surface area contributed by atoms with Crippen LogP contribution in [0.25, 0.3) is 11.1 Å². The quantitative estimate of drug-likeness (QED) is 0.192. The van der Waals surface area contributed by atoms with E-state index < -0.39 is 11.6 Å². The number of benzene rings is 2. The first kappa shape index (κ1) is 29.8. The Morgan fingerprint density at radius 3 is 1.95 bits per heavy atom. The zero-order valence-electron chi connectivity index (χ0n) is 23.5. The van der Waals surface area contributed by atoms with Crippen LogP contribution < -0.4 is 0 Å². The van der Waals surface area contributed by atoms with Crippen molar-refractivity contribution in [3.8, 4) is 11.1 Å². The third-order valence-corrected chi connectivity index (χ3v) is 8.33. The first-order chi connectivity index (χ1) is 18.1. The highest BCUT2D eigenvalue weighted by Gasteiger charge is 2.22. The van der Waals surface area contributed by atoms with Crippen LogP contribution in [0.4, 0.5) is 8.78 Å². The Balaban J connectivity index is 1.42. The summed E-state index contributed by atoms with van der Waals surface area (Å²) in [4.78, 5) is 0. The number of ether oxygens (including phenoxy) is 1. The van der Waals surface area contributed by atoms with E-state index in [0.29, 0.717) is 23.5 Å². The number of hydrogen-bond acceptors (Lipinski definition) is 1. The highest BCUT2D eigenvalue weighted by Crippen LogP contribution is 2.35. The molecule has 2 aromatic carbocycles. The first-order valence-corrected chi connectivity index (χ1v) is 15.3. The summed E-state index contributed by atoms with van der Waals surface area (Å²) in [7, 11) is 0. The average Bonchev–Trinajstić information content (AvgIpc) is 2.92. The molecule has 0 unspecified atom stereocenters. The van der Waals surface area contributed by atoms with Crippen molar-refractivity contribution < 1.29 is 13.5 Å². The van der Waals surface area contributed by atoms with E-state index in [1.807, 2.05) is 24.3 Å². The highest BCUT2D eigenvalue weighted by molar-refractivity contribution is 5.65. The predicted molar refractivity (Wildman–Crippen MR) is 153 cm³/mol. The van der Waals surface area contributed by atoms with Crippen LogP contribution >= 0.6 is 0 Å². The van der Waals surface area contributed by atoms with E-state index in [4.69, 9.17) is 4.74 Å². The first-order valence-electron chi connectivity index (χ1n) is 15.3. The molecule has 2 aromatic rings. The predicted octanol–water partition coefficient (Wildman–Crippen LogP) is 10.5. The summed E-state index contributed by atoms with van der Waals surface area (Å²) in [5.41, 5.74) is 2.86. The topological polar surface area (TPSA) is 9.23 Å². The zero-order chi connectivity index (χ0) is 26.3. The van der Waals surface area contributed by atoms with Gasteiger partial charge in [0.25, 0.3) is 0 Å². The van der Waals surface area contributed by atoms with E-state index in [1.54, 1.807) is 12.1 Å². The average molecular weight is 513 g/mol. The Kier molecular flexibility index (Phi) is 13.7. The second-order valence-electron chi connectivity index (χ2n) is 11.3. The van der Waals surface area contributed by atoms with Gasteiger partial charge in [0.1, 0.15) is 0 Å². The fraction of sp³-hybridized carbons (Fsp3) is 0.647. The van der Waals surface area contributed by atoms with Gasteiger partial charge in [-0.1, -0.05) is 114 Å². The van der Waals surface area contributed by atoms with E-state index >= 15 is 4.39 Å². The minimum atomic E-state index is -0.704. The van der Waals surface area contributed by atoms with Crippen molar-refractivity contribution in [2.75, 3.05) is 13.2 Å². The van der Waals surface area contributed by atoms with Crippen LogP contribution in [0.3, 0.4) is 0 Å². The van der Waals surface area contributed by atoms with Crippen LogP contribution in [-0.2, 0) is 17.6 Å². The fourth-order valence-electron chi connectivity index (χ4n) is 5.80. The lowest BCUT2D eigenvalue weighted by Crippen LogP contribution is -2.15. The van der Waals surface area contributed by atoms with Crippen molar-refractivity contribution in [2.24, 2.45) is 11.8 Å². The summed E-state index contributed by atoms with van der Waals surface area (Å²) in [6, 6.07) is 11.5. The lowest BCUT2D eigenvalue weighted by Gasteiger charge is -2.28. The summed E-state index contributed by atoms with van der Waals surface area (Å²) in [6.45, 7) is 6.15. The van der Waals surface area contributed by atoms with Gasteiger partial charge in [-0.25, -0.2) is 8.78 Å². The number of unbranched alkanes of at least 4 members (excludes halogenated alkanes) is 5. The molecule has 0 aromatic heterocycles. The lowest BCUT2D eigenvalue weighted by molar-refractivity contribution is 0.126. The SMILES string of the molecule is CCCCCOCCCCc1ccc(-c2ccc(CCC3CCC(CCCCC)CC3)c(F)c2F)cc1. The normalized spacial score (nSPS) is 17.8. The van der Waals surface area contributed by atoms with Gasteiger partial charge in [-0.3, -0.25) is 0 Å². The van der Waals surface area contributed by atoms with Crippen molar-refractivity contribution in [1.29, 1.82) is 0 Å². The second kappa shape index (κ2) is 17.0. The summed E-state index contributed by atoms with van der Waals surface area (Å²) < 4.78 is 35.7. The third kappa shape index (κ3) is 10.2. The maximum Gasteiger partial charge on any atom is 0.166 e. The van der Waals surface area contributed by atoms with Gasteiger partial charge in [-0.15, -0.1) is 0 Å². The van der Waals surface area contributed by atoms with Crippen LogP contribution in [-0.4, -0.2) is 13.2 Å². The summed E-state index contributed by atoms with van der Waals surface area (Å²) in [5.74, 6) is 0.181. The van der Waals surface area contributed by atoms with Gasteiger partial charge in [0, 0.05) is 18.8 Å². The van der Waals surface area contributed by atoms with E-state index in [2.05, 4.69) is 13.8 Å². The van der Waals surface area contributed by atoms with Gasteiger partial charge in [0.2, 0.25) is 0 Å². The van der Waals surface area contributed by atoms with Gasteiger partial charge in [-0.05, 0) is 67.1 Å². The van der Waals surface area contributed by atoms with Crippen molar-refractivity contribution >= 4 is 0 Å². The maximum absolute atomic E-state index is 15.0. The van der Waals surface area contributed by atoms with E-state index in [-0.39, 0.29) is 0 Å². The van der Waals surface area contributed by atoms with Crippen LogP contribution in [0, 0.1) is 23.5 Å². The number of aryl methyl sites for hydroxylation is 2. The molecule has 0 spiro atoms. The van der Waals surface area contributed by atoms with Crippen LogP contribution in [0.1, 0.15) is 115 Å². The van der Waals surface area contributed by atoms with Crippen molar-refractivity contribution in [3.63, 3.8) is 0 Å². The van der Waals surface area contributed by atoms with E-state index in [1.165, 1.54) is 69.8 Å². The third-order valence-electron chi connectivity index (χ3n) is 8.33. The highest BCUT2D eigenvalue weighted by atomic mass is 19.2. The Morgan fingerprint density at radius 2 is 1.27 bits per heavy atom. The molecule has 1 aliphatic carbocycles. The molecule has 1 nitrogen and oxygen atoms in total. The molecule has 3 rings (SSSR count). The van der Waals surface area contributed by atoms with Gasteiger partial charge >= 0.3 is 0 Å². The molecule has 3 heteroatoms. The molecule has 206 valence electrons. The molecule has 0 atom stereocenters. The molecule has 1 saturated carbocycles. The fourth-order valence-corrected chi connectivity index (χ4v) is 5.80. The monoisotopic (exact) mass is 512 g/mol. The molecule has 0 heterocycles. The molecular weight excluding hydrogens is 462 g/mol. The Bertz CT molecular complexity index is 883. The summed E-state index contributed by atoms with van der Waals surface area (Å²) in [6.07, 6.45) is 18.8. The van der Waals surface area contributed by atoms with Crippen LogP contribution in [0.2, 0.25) is 0 Å². The van der Waals surface area contributed by atoms with E-state index in [9.17, 15) is 4.39 Å². The molecule has 0 aliphatic heterocycles. The van der Waals surface area contributed by atoms with Gasteiger partial charge in [-0.2, -0.15) is 0 Å². The van der Waals surface area contributed by atoms with Crippen molar-refractivity contribution in [2.45, 2.75) is 117 Å². The van der Waals surface area contributed by atoms with E-state index in [0.717, 1.165) is 56.8 Å². The lowest BCUT2D eigenvalue weighted by atomic mass is 9.77. The maximum atomic E-state index is 15.0. The molecule has 0 amide bonds. The van der Waals surface area contributed by atoms with Crippen molar-refractivity contribution in [1.82, 2.24) is 0 Å². The standard InChI is InChI=1S/C34H50F2O/c1-3-5-7-11-27-13-15-29(16-14-27)19-22-31-23-24-32(34(36)33(31)35)30-20-17-28(18-21-30)12-8-10-26-37-25-9-6-4-2/h17-18,20-21,23-24,27,29H,3-16,19,22,25-26H2,1-2H3. The molecule has 0 radical (unpaired) electrons. The Labute approximate surface area is 225 Å². The summed E-state index contributed by atoms with van der Waals surface area (Å²) >= 11 is 0. The van der Waals surface area contributed by atoms with Gasteiger partial charge < -0.3 is 4.74 Å². The molecule has 1 fully saturated rings. The Morgan fingerprint density at radius 1 is 0.649 bits per heavy atom. The van der Waals surface area contributed by atoms with Crippen LogP contribution in [0.15, 0.2) is 36.4 Å². The van der Waals surface area contributed by atoms with Gasteiger partial charge in [0.15, 0.2) is 11.6 Å². The smallest absolute Gasteiger partial charge is 0.166 e. The zero-order valence-corrected chi connectivity index (χ0v) is 23.5. The number of hydrogen-bond donors (Lipinski definition) is 0. The molecule has 1 aliphatic rings. The molecule has 0 saturated heterocycles. The molecule has 0 N–H and O–H groups in total. The molecular formula is C34H50F2O. The van der Waals surface area contributed by atoms with Crippen LogP contribution in [0.5, 0.6) is 0 Å². The summed E-state index contributed by atoms with van der Waals surface area (Å²) in [5, 5.41) is 0. The largest absolute Gasteiger partial charge is 0.381 e. The minimum absolute atomic E-state index is 0.362. The number of halogens is 2. The van der Waals surface area contributed by atoms with Gasteiger partial charge in [0.05, 0.1) is 0 Å². The van der Waals surface area contributed by atoms with Crippen molar-refractivity contribution in [3.05, 3.63) is 59.2 Å². The molecule has 37 heavy (non-hydrogen) atoms. The Hall–Kier alpha value is -1.74. The minimum Gasteiger partial charge on any atom is -0.381 e. The second-order valence-corrected chi connectivity index (χ2v) is 11.3.